The lowest BCUT2D eigenvalue weighted by Crippen LogP contribution is -2.04. The number of benzene rings is 2. The maximum absolute atomic E-state index is 14.2. The zero-order valence-electron chi connectivity index (χ0n) is 10.8. The predicted octanol–water partition coefficient (Wildman–Crippen LogP) is 4.74. The molecule has 0 atom stereocenters. The van der Waals surface area contributed by atoms with Crippen molar-refractivity contribution >= 4 is 34.2 Å². The van der Waals surface area contributed by atoms with E-state index in [1.807, 2.05) is 0 Å². The van der Waals surface area contributed by atoms with E-state index >= 15 is 0 Å². The van der Waals surface area contributed by atoms with Gasteiger partial charge in [0.15, 0.2) is 11.6 Å². The van der Waals surface area contributed by atoms with Crippen LogP contribution >= 0.6 is 23.2 Å². The lowest BCUT2D eigenvalue weighted by molar-refractivity contribution is 0.514. The number of nitrogens with zero attached hydrogens (tertiary/aromatic N) is 2. The highest BCUT2D eigenvalue weighted by molar-refractivity contribution is 6.32. The van der Waals surface area contributed by atoms with E-state index in [9.17, 15) is 8.78 Å². The van der Waals surface area contributed by atoms with Crippen LogP contribution < -0.4 is 0 Å². The van der Waals surface area contributed by atoms with Crippen LogP contribution in [0.2, 0.25) is 5.02 Å². The lowest BCUT2D eigenvalue weighted by Gasteiger charge is -2.10. The number of alkyl halides is 1. The summed E-state index contributed by atoms with van der Waals surface area (Å²) in [4.78, 5) is 4.34. The summed E-state index contributed by atoms with van der Waals surface area (Å²) in [5.74, 6) is -1.01. The number of rotatable bonds is 3. The van der Waals surface area contributed by atoms with Crippen LogP contribution in [0.5, 0.6) is 0 Å². The van der Waals surface area contributed by atoms with Crippen molar-refractivity contribution in [1.82, 2.24) is 9.55 Å². The highest BCUT2D eigenvalue weighted by atomic mass is 35.5. The summed E-state index contributed by atoms with van der Waals surface area (Å²) < 4.78 is 29.3. The van der Waals surface area contributed by atoms with Gasteiger partial charge in [-0.15, -0.1) is 11.6 Å². The molecule has 0 aliphatic carbocycles. The zero-order valence-corrected chi connectivity index (χ0v) is 12.3. The zero-order chi connectivity index (χ0) is 15.0. The normalized spacial score (nSPS) is 11.2. The fourth-order valence-electron chi connectivity index (χ4n) is 2.30. The molecule has 2 nitrogen and oxygen atoms in total. The second-order valence-electron chi connectivity index (χ2n) is 4.48. The molecule has 3 rings (SSSR count). The van der Waals surface area contributed by atoms with Gasteiger partial charge in [0.2, 0.25) is 0 Å². The fourth-order valence-corrected chi connectivity index (χ4v) is 2.68. The fraction of sp³-hybridized carbons (Fsp3) is 0.133. The number of para-hydroxylation sites is 1. The molecule has 0 bridgehead atoms. The number of imidazole rings is 1. The van der Waals surface area contributed by atoms with Crippen molar-refractivity contribution in [3.63, 3.8) is 0 Å². The number of hydrogen-bond acceptors (Lipinski definition) is 1. The molecule has 0 unspecified atom stereocenters. The van der Waals surface area contributed by atoms with Crippen molar-refractivity contribution in [2.45, 2.75) is 6.42 Å². The van der Waals surface area contributed by atoms with Crippen LogP contribution in [0.25, 0.3) is 16.7 Å². The molecular formula is C15H10Cl2F2N2. The van der Waals surface area contributed by atoms with Crippen molar-refractivity contribution in [2.24, 2.45) is 0 Å². The molecule has 0 amide bonds. The third-order valence-electron chi connectivity index (χ3n) is 3.19. The van der Waals surface area contributed by atoms with Crippen LogP contribution in [0.1, 0.15) is 5.82 Å². The second-order valence-corrected chi connectivity index (χ2v) is 5.27. The van der Waals surface area contributed by atoms with Crippen LogP contribution in [-0.4, -0.2) is 15.4 Å². The maximum atomic E-state index is 14.2. The Bertz CT molecular complexity index is 815. The van der Waals surface area contributed by atoms with Gasteiger partial charge in [-0.25, -0.2) is 13.8 Å². The van der Waals surface area contributed by atoms with E-state index in [0.29, 0.717) is 34.4 Å². The Morgan fingerprint density at radius 3 is 2.57 bits per heavy atom. The van der Waals surface area contributed by atoms with Crippen molar-refractivity contribution in [3.8, 4) is 5.69 Å². The Labute approximate surface area is 129 Å². The summed E-state index contributed by atoms with van der Waals surface area (Å²) in [6.07, 6.45) is 0.419. The van der Waals surface area contributed by atoms with Gasteiger partial charge in [-0.2, -0.15) is 0 Å². The molecule has 1 aromatic heterocycles. The van der Waals surface area contributed by atoms with Gasteiger partial charge in [-0.05, 0) is 24.3 Å². The van der Waals surface area contributed by atoms with Gasteiger partial charge in [0.05, 0.1) is 16.2 Å². The Morgan fingerprint density at radius 1 is 1.10 bits per heavy atom. The molecule has 3 aromatic rings. The van der Waals surface area contributed by atoms with E-state index in [0.717, 1.165) is 6.07 Å². The Morgan fingerprint density at radius 2 is 1.86 bits per heavy atom. The van der Waals surface area contributed by atoms with Gasteiger partial charge >= 0.3 is 0 Å². The Hall–Kier alpha value is -1.65. The Balaban J connectivity index is 2.40. The van der Waals surface area contributed by atoms with Crippen LogP contribution in [0.3, 0.4) is 0 Å². The van der Waals surface area contributed by atoms with Crippen molar-refractivity contribution in [2.75, 3.05) is 5.88 Å². The van der Waals surface area contributed by atoms with Crippen molar-refractivity contribution in [3.05, 3.63) is 58.9 Å². The number of aryl methyl sites for hydroxylation is 1. The molecule has 0 N–H and O–H groups in total. The van der Waals surface area contributed by atoms with Gasteiger partial charge in [-0.3, -0.25) is 4.57 Å². The van der Waals surface area contributed by atoms with E-state index < -0.39 is 11.6 Å². The molecule has 0 saturated heterocycles. The standard InChI is InChI=1S/C15H10Cl2F2N2/c16-8-7-13-20-11-6-5-10(18)14(19)15(11)21(13)12-4-2-1-3-9(12)17/h1-6H,7-8H2. The summed E-state index contributed by atoms with van der Waals surface area (Å²) in [5.41, 5.74) is 0.989. The number of halogens is 4. The molecule has 2 aromatic carbocycles. The van der Waals surface area contributed by atoms with Gasteiger partial charge in [-0.1, -0.05) is 23.7 Å². The third-order valence-corrected chi connectivity index (χ3v) is 3.70. The number of hydrogen-bond donors (Lipinski definition) is 0. The van der Waals surface area contributed by atoms with E-state index in [1.54, 1.807) is 24.3 Å². The maximum Gasteiger partial charge on any atom is 0.185 e. The molecule has 108 valence electrons. The summed E-state index contributed by atoms with van der Waals surface area (Å²) in [7, 11) is 0. The molecule has 21 heavy (non-hydrogen) atoms. The molecule has 0 radical (unpaired) electrons. The molecule has 0 fully saturated rings. The van der Waals surface area contributed by atoms with Crippen molar-refractivity contribution in [1.29, 1.82) is 0 Å². The first kappa shape index (κ1) is 14.3. The average Bonchev–Trinajstić information content (AvgIpc) is 2.83. The van der Waals surface area contributed by atoms with Crippen LogP contribution in [0.4, 0.5) is 8.78 Å². The lowest BCUT2D eigenvalue weighted by atomic mass is 10.2. The number of fused-ring (bicyclic) bond motifs is 1. The minimum atomic E-state index is -0.944. The summed E-state index contributed by atoms with van der Waals surface area (Å²) >= 11 is 12.0. The van der Waals surface area contributed by atoms with E-state index in [4.69, 9.17) is 23.2 Å². The third kappa shape index (κ3) is 2.39. The molecule has 6 heteroatoms. The first-order valence-electron chi connectivity index (χ1n) is 6.29. The molecule has 0 aliphatic rings. The molecule has 0 aliphatic heterocycles. The van der Waals surface area contributed by atoms with Crippen LogP contribution in [0, 0.1) is 11.6 Å². The minimum absolute atomic E-state index is 0.0724. The highest BCUT2D eigenvalue weighted by Crippen LogP contribution is 2.29. The highest BCUT2D eigenvalue weighted by Gasteiger charge is 2.19. The van der Waals surface area contributed by atoms with E-state index in [1.165, 1.54) is 10.6 Å². The average molecular weight is 327 g/mol. The quantitative estimate of drug-likeness (QED) is 0.636. The van der Waals surface area contributed by atoms with Gasteiger partial charge in [0.1, 0.15) is 11.3 Å². The minimum Gasteiger partial charge on any atom is -0.292 e. The largest absolute Gasteiger partial charge is 0.292 e. The molecule has 0 saturated carbocycles. The van der Waals surface area contributed by atoms with Gasteiger partial charge in [0, 0.05) is 12.3 Å². The summed E-state index contributed by atoms with van der Waals surface area (Å²) in [5, 5.41) is 0.427. The monoisotopic (exact) mass is 326 g/mol. The van der Waals surface area contributed by atoms with Crippen LogP contribution in [-0.2, 0) is 6.42 Å². The van der Waals surface area contributed by atoms with Gasteiger partial charge in [0.25, 0.3) is 0 Å². The topological polar surface area (TPSA) is 17.8 Å². The van der Waals surface area contributed by atoms with Crippen molar-refractivity contribution < 1.29 is 8.78 Å². The second kappa shape index (κ2) is 5.62. The number of aromatic nitrogens is 2. The van der Waals surface area contributed by atoms with Gasteiger partial charge < -0.3 is 0 Å². The predicted molar refractivity (Wildman–Crippen MR) is 80.4 cm³/mol. The SMILES string of the molecule is Fc1ccc2nc(CCCl)n(-c3ccccc3Cl)c2c1F. The Kier molecular flexibility index (Phi) is 3.83. The van der Waals surface area contributed by atoms with Crippen LogP contribution in [0.15, 0.2) is 36.4 Å². The molecule has 1 heterocycles. The van der Waals surface area contributed by atoms with E-state index in [-0.39, 0.29) is 5.52 Å². The molecule has 0 spiro atoms. The smallest absolute Gasteiger partial charge is 0.185 e. The molecular weight excluding hydrogens is 317 g/mol. The first-order valence-corrected chi connectivity index (χ1v) is 7.21. The summed E-state index contributed by atoms with van der Waals surface area (Å²) in [6, 6.07) is 9.46. The van der Waals surface area contributed by atoms with E-state index in [2.05, 4.69) is 4.98 Å². The summed E-state index contributed by atoms with van der Waals surface area (Å²) in [6.45, 7) is 0. The first-order chi connectivity index (χ1) is 10.1.